The van der Waals surface area contributed by atoms with Gasteiger partial charge in [0.1, 0.15) is 12.4 Å². The van der Waals surface area contributed by atoms with E-state index < -0.39 is 5.97 Å². The van der Waals surface area contributed by atoms with Gasteiger partial charge in [0.2, 0.25) is 5.91 Å². The van der Waals surface area contributed by atoms with Crippen molar-refractivity contribution in [2.75, 3.05) is 6.54 Å². The van der Waals surface area contributed by atoms with Crippen LogP contribution in [0.5, 0.6) is 0 Å². The number of aryl methyl sites for hydroxylation is 2. The van der Waals surface area contributed by atoms with Crippen molar-refractivity contribution in [2.24, 2.45) is 13.0 Å². The van der Waals surface area contributed by atoms with Gasteiger partial charge in [-0.3, -0.25) is 14.3 Å². The molecule has 0 saturated carbocycles. The minimum Gasteiger partial charge on any atom is -0.480 e. The third kappa shape index (κ3) is 3.84. The highest BCUT2D eigenvalue weighted by Crippen LogP contribution is 2.25. The maximum absolute atomic E-state index is 13.0. The number of aromatic nitrogens is 3. The molecule has 25 heavy (non-hydrogen) atoms. The number of carboxylic acids is 1. The quantitative estimate of drug-likeness (QED) is 0.878. The molecule has 1 aromatic carbocycles. The van der Waals surface area contributed by atoms with E-state index in [-0.39, 0.29) is 30.7 Å². The molecular weight excluding hydrogens is 327 g/mol. The minimum absolute atomic E-state index is 0.137. The second-order valence-electron chi connectivity index (χ2n) is 6.26. The summed E-state index contributed by atoms with van der Waals surface area (Å²) in [6.45, 7) is -0.248. The highest BCUT2D eigenvalue weighted by Gasteiger charge is 2.31. The average molecular weight is 346 g/mol. The van der Waals surface area contributed by atoms with Gasteiger partial charge in [-0.25, -0.2) is 4.39 Å². The first-order chi connectivity index (χ1) is 11.9. The van der Waals surface area contributed by atoms with Crippen LogP contribution in [0.25, 0.3) is 0 Å². The predicted molar refractivity (Wildman–Crippen MR) is 86.0 cm³/mol. The van der Waals surface area contributed by atoms with Gasteiger partial charge in [0.05, 0.1) is 11.4 Å². The van der Waals surface area contributed by atoms with E-state index in [1.807, 2.05) is 0 Å². The third-order valence-corrected chi connectivity index (χ3v) is 4.47. The van der Waals surface area contributed by atoms with E-state index in [9.17, 15) is 14.0 Å². The number of rotatable bonds is 5. The highest BCUT2D eigenvalue weighted by molar-refractivity contribution is 5.83. The van der Waals surface area contributed by atoms with Gasteiger partial charge in [-0.1, -0.05) is 17.3 Å². The van der Waals surface area contributed by atoms with E-state index in [0.29, 0.717) is 24.8 Å². The first kappa shape index (κ1) is 17.1. The number of halogens is 1. The standard InChI is InChI=1S/C17H19FN4O3/c1-21-15-8-12(4-7-14(15)19-20-21)17(25)22(10-16(23)24)9-11-2-5-13(18)6-3-11/h2-3,5-6,12H,4,7-10H2,1H3,(H,23,24). The SMILES string of the molecule is Cn1nnc2c1CC(C(=O)N(CC(=O)O)Cc1ccc(F)cc1)CC2. The Labute approximate surface area is 144 Å². The minimum atomic E-state index is -1.07. The van der Waals surface area contributed by atoms with Gasteiger partial charge in [-0.2, -0.15) is 0 Å². The van der Waals surface area contributed by atoms with Crippen LogP contribution in [-0.4, -0.2) is 43.4 Å². The Morgan fingerprint density at radius 1 is 1.36 bits per heavy atom. The normalized spacial score (nSPS) is 16.3. The Bertz CT molecular complexity index is 788. The molecule has 1 heterocycles. The zero-order valence-electron chi connectivity index (χ0n) is 13.9. The van der Waals surface area contributed by atoms with Gasteiger partial charge in [-0.05, 0) is 30.5 Å². The van der Waals surface area contributed by atoms with Gasteiger partial charge in [0.25, 0.3) is 0 Å². The fraction of sp³-hybridized carbons (Fsp3) is 0.412. The van der Waals surface area contributed by atoms with Crippen molar-refractivity contribution in [1.29, 1.82) is 0 Å². The van der Waals surface area contributed by atoms with Crippen LogP contribution in [0.2, 0.25) is 0 Å². The van der Waals surface area contributed by atoms with E-state index >= 15 is 0 Å². The predicted octanol–water partition coefficient (Wildman–Crippen LogP) is 1.17. The first-order valence-electron chi connectivity index (χ1n) is 8.06. The number of benzene rings is 1. The van der Waals surface area contributed by atoms with Crippen molar-refractivity contribution < 1.29 is 19.1 Å². The molecule has 2 aromatic rings. The van der Waals surface area contributed by atoms with Gasteiger partial charge in [0.15, 0.2) is 0 Å². The Morgan fingerprint density at radius 3 is 2.76 bits per heavy atom. The summed E-state index contributed by atoms with van der Waals surface area (Å²) in [7, 11) is 1.78. The molecule has 8 heteroatoms. The van der Waals surface area contributed by atoms with Crippen molar-refractivity contribution in [3.63, 3.8) is 0 Å². The van der Waals surface area contributed by atoms with Gasteiger partial charge >= 0.3 is 5.97 Å². The third-order valence-electron chi connectivity index (χ3n) is 4.47. The van der Waals surface area contributed by atoms with Crippen LogP contribution in [0.3, 0.4) is 0 Å². The second kappa shape index (κ2) is 7.00. The number of carboxylic acid groups (broad SMARTS) is 1. The molecule has 1 aromatic heterocycles. The summed E-state index contributed by atoms with van der Waals surface area (Å²) in [5.74, 6) is -1.96. The van der Waals surface area contributed by atoms with E-state index in [2.05, 4.69) is 10.3 Å². The van der Waals surface area contributed by atoms with E-state index in [1.165, 1.54) is 17.0 Å². The lowest BCUT2D eigenvalue weighted by molar-refractivity contribution is -0.147. The van der Waals surface area contributed by atoms with Crippen LogP contribution >= 0.6 is 0 Å². The van der Waals surface area contributed by atoms with Crippen LogP contribution in [-0.2, 0) is 36.0 Å². The van der Waals surface area contributed by atoms with Crippen LogP contribution in [0.15, 0.2) is 24.3 Å². The average Bonchev–Trinajstić information content (AvgIpc) is 2.96. The summed E-state index contributed by atoms with van der Waals surface area (Å²) in [4.78, 5) is 25.4. The maximum atomic E-state index is 13.0. The number of carbonyl (C=O) groups is 2. The molecule has 0 radical (unpaired) electrons. The lowest BCUT2D eigenvalue weighted by Crippen LogP contribution is -2.41. The van der Waals surface area contributed by atoms with Crippen LogP contribution < -0.4 is 0 Å². The van der Waals surface area contributed by atoms with Crippen molar-refractivity contribution in [1.82, 2.24) is 19.9 Å². The molecule has 1 aliphatic carbocycles. The number of aliphatic carboxylic acids is 1. The number of hydrogen-bond donors (Lipinski definition) is 1. The highest BCUT2D eigenvalue weighted by atomic mass is 19.1. The monoisotopic (exact) mass is 346 g/mol. The number of fused-ring (bicyclic) bond motifs is 1. The molecule has 132 valence electrons. The van der Waals surface area contributed by atoms with Crippen molar-refractivity contribution >= 4 is 11.9 Å². The lowest BCUT2D eigenvalue weighted by Gasteiger charge is -2.28. The van der Waals surface area contributed by atoms with Crippen LogP contribution in [0, 0.1) is 11.7 Å². The summed E-state index contributed by atoms with van der Waals surface area (Å²) in [5, 5.41) is 17.2. The zero-order chi connectivity index (χ0) is 18.0. The van der Waals surface area contributed by atoms with Crippen molar-refractivity contribution in [2.45, 2.75) is 25.8 Å². The molecule has 0 saturated heterocycles. The van der Waals surface area contributed by atoms with E-state index in [1.54, 1.807) is 23.9 Å². The van der Waals surface area contributed by atoms with Crippen molar-refractivity contribution in [3.05, 3.63) is 47.0 Å². The molecule has 0 fully saturated rings. The van der Waals surface area contributed by atoms with Gasteiger partial charge in [-0.15, -0.1) is 5.10 Å². The van der Waals surface area contributed by atoms with Gasteiger partial charge < -0.3 is 10.0 Å². The fourth-order valence-electron chi connectivity index (χ4n) is 3.16. The van der Waals surface area contributed by atoms with E-state index in [0.717, 1.165) is 11.4 Å². The summed E-state index contributed by atoms with van der Waals surface area (Å²) >= 11 is 0. The molecule has 0 bridgehead atoms. The van der Waals surface area contributed by atoms with E-state index in [4.69, 9.17) is 5.11 Å². The molecule has 7 nitrogen and oxygen atoms in total. The Hall–Kier alpha value is -2.77. The molecule has 1 amide bonds. The Kier molecular flexibility index (Phi) is 4.78. The fourth-order valence-corrected chi connectivity index (χ4v) is 3.16. The summed E-state index contributed by atoms with van der Waals surface area (Å²) < 4.78 is 14.7. The summed E-state index contributed by atoms with van der Waals surface area (Å²) in [6, 6.07) is 5.71. The molecule has 0 aliphatic heterocycles. The summed E-state index contributed by atoms with van der Waals surface area (Å²) in [6.07, 6.45) is 1.76. The Balaban J connectivity index is 1.76. The lowest BCUT2D eigenvalue weighted by atomic mass is 9.88. The maximum Gasteiger partial charge on any atom is 0.323 e. The topological polar surface area (TPSA) is 88.3 Å². The number of hydrogen-bond acceptors (Lipinski definition) is 4. The molecule has 1 aliphatic rings. The first-order valence-corrected chi connectivity index (χ1v) is 8.06. The van der Waals surface area contributed by atoms with Crippen molar-refractivity contribution in [3.8, 4) is 0 Å². The zero-order valence-corrected chi connectivity index (χ0v) is 13.9. The molecule has 1 unspecified atom stereocenters. The smallest absolute Gasteiger partial charge is 0.323 e. The molecule has 1 atom stereocenters. The molecule has 3 rings (SSSR count). The summed E-state index contributed by atoms with van der Waals surface area (Å²) in [5.41, 5.74) is 2.51. The number of carbonyl (C=O) groups excluding carboxylic acids is 1. The van der Waals surface area contributed by atoms with Gasteiger partial charge in [0, 0.05) is 25.9 Å². The number of amides is 1. The molecule has 1 N–H and O–H groups in total. The second-order valence-corrected chi connectivity index (χ2v) is 6.26. The molecule has 0 spiro atoms. The molecular formula is C17H19FN4O3. The number of nitrogens with zero attached hydrogens (tertiary/aromatic N) is 4. The van der Waals surface area contributed by atoms with Crippen LogP contribution in [0.1, 0.15) is 23.4 Å². The Morgan fingerprint density at radius 2 is 2.08 bits per heavy atom. The largest absolute Gasteiger partial charge is 0.480 e. The van der Waals surface area contributed by atoms with Crippen LogP contribution in [0.4, 0.5) is 4.39 Å².